The Hall–Kier alpha value is -2.95. The SMILES string of the molecule is Cn1ncc(-c2ccc3c(c2)CC/C3=N\O)c1-c1ccncc1. The number of fused-ring (bicyclic) bond motifs is 1. The second-order valence-electron chi connectivity index (χ2n) is 5.68. The molecule has 0 saturated heterocycles. The van der Waals surface area contributed by atoms with E-state index in [1.807, 2.05) is 36.1 Å². The lowest BCUT2D eigenvalue weighted by Gasteiger charge is -2.08. The van der Waals surface area contributed by atoms with Crippen LogP contribution in [0.25, 0.3) is 22.4 Å². The number of hydrogen-bond donors (Lipinski definition) is 1. The third kappa shape index (κ3) is 2.21. The molecule has 0 amide bonds. The normalized spacial score (nSPS) is 15.1. The number of aryl methyl sites for hydroxylation is 2. The third-order valence-electron chi connectivity index (χ3n) is 4.37. The number of nitrogens with zero attached hydrogens (tertiary/aromatic N) is 4. The van der Waals surface area contributed by atoms with Gasteiger partial charge < -0.3 is 5.21 Å². The van der Waals surface area contributed by atoms with Gasteiger partial charge in [0.25, 0.3) is 0 Å². The lowest BCUT2D eigenvalue weighted by molar-refractivity contribution is 0.318. The van der Waals surface area contributed by atoms with Crippen LogP contribution < -0.4 is 0 Å². The Balaban J connectivity index is 1.84. The molecule has 0 saturated carbocycles. The Labute approximate surface area is 133 Å². The topological polar surface area (TPSA) is 63.3 Å². The van der Waals surface area contributed by atoms with Gasteiger partial charge in [-0.3, -0.25) is 9.67 Å². The minimum atomic E-state index is 0.770. The highest BCUT2D eigenvalue weighted by atomic mass is 16.4. The summed E-state index contributed by atoms with van der Waals surface area (Å²) in [5, 5.41) is 16.9. The van der Waals surface area contributed by atoms with Gasteiger partial charge in [0, 0.05) is 36.1 Å². The second kappa shape index (κ2) is 5.35. The van der Waals surface area contributed by atoms with E-state index < -0.39 is 0 Å². The van der Waals surface area contributed by atoms with Gasteiger partial charge in [-0.1, -0.05) is 23.4 Å². The number of hydrogen-bond acceptors (Lipinski definition) is 4. The molecule has 2 heterocycles. The Morgan fingerprint density at radius 3 is 2.65 bits per heavy atom. The predicted octanol–water partition coefficient (Wildman–Crippen LogP) is 3.27. The Bertz CT molecular complexity index is 897. The fourth-order valence-electron chi connectivity index (χ4n) is 3.24. The van der Waals surface area contributed by atoms with Crippen molar-refractivity contribution in [2.75, 3.05) is 0 Å². The predicted molar refractivity (Wildman–Crippen MR) is 88.5 cm³/mol. The summed E-state index contributed by atoms with van der Waals surface area (Å²) in [7, 11) is 1.95. The van der Waals surface area contributed by atoms with E-state index in [0.29, 0.717) is 0 Å². The van der Waals surface area contributed by atoms with Crippen molar-refractivity contribution < 1.29 is 5.21 Å². The van der Waals surface area contributed by atoms with Gasteiger partial charge in [0.05, 0.1) is 17.6 Å². The van der Waals surface area contributed by atoms with E-state index in [9.17, 15) is 0 Å². The van der Waals surface area contributed by atoms with Crippen LogP contribution in [0, 0.1) is 0 Å². The molecule has 23 heavy (non-hydrogen) atoms. The number of benzene rings is 1. The van der Waals surface area contributed by atoms with Crippen LogP contribution in [0.2, 0.25) is 0 Å². The standard InChI is InChI=1S/C18H16N4O/c1-22-18(12-6-8-19-9-7-12)16(11-20-22)14-2-4-15-13(10-14)3-5-17(15)21-23/h2,4,6-11,23H,3,5H2,1H3/b21-17+. The zero-order valence-electron chi connectivity index (χ0n) is 12.8. The highest BCUT2D eigenvalue weighted by Crippen LogP contribution is 2.34. The number of aromatic nitrogens is 3. The Kier molecular flexibility index (Phi) is 3.19. The summed E-state index contributed by atoms with van der Waals surface area (Å²) in [4.78, 5) is 4.09. The van der Waals surface area contributed by atoms with Crippen molar-refractivity contribution in [1.29, 1.82) is 0 Å². The molecule has 5 heteroatoms. The molecule has 5 nitrogen and oxygen atoms in total. The molecule has 0 fully saturated rings. The maximum absolute atomic E-state index is 9.06. The van der Waals surface area contributed by atoms with Gasteiger partial charge in [0.15, 0.2) is 0 Å². The van der Waals surface area contributed by atoms with Crippen molar-refractivity contribution in [3.05, 3.63) is 60.0 Å². The highest BCUT2D eigenvalue weighted by Gasteiger charge is 2.20. The summed E-state index contributed by atoms with van der Waals surface area (Å²) in [5.74, 6) is 0. The average Bonchev–Trinajstić information content (AvgIpc) is 3.18. The van der Waals surface area contributed by atoms with Crippen molar-refractivity contribution in [2.24, 2.45) is 12.2 Å². The van der Waals surface area contributed by atoms with E-state index in [1.54, 1.807) is 12.4 Å². The van der Waals surface area contributed by atoms with Gasteiger partial charge in [-0.15, -0.1) is 0 Å². The lowest BCUT2D eigenvalue weighted by Crippen LogP contribution is -1.95. The first-order chi connectivity index (χ1) is 11.3. The van der Waals surface area contributed by atoms with Crippen molar-refractivity contribution in [3.63, 3.8) is 0 Å². The number of oxime groups is 1. The zero-order chi connectivity index (χ0) is 15.8. The van der Waals surface area contributed by atoms with Gasteiger partial charge in [-0.05, 0) is 36.1 Å². The first-order valence-electron chi connectivity index (χ1n) is 7.55. The largest absolute Gasteiger partial charge is 0.411 e. The molecular weight excluding hydrogens is 288 g/mol. The lowest BCUT2D eigenvalue weighted by atomic mass is 9.98. The summed E-state index contributed by atoms with van der Waals surface area (Å²) >= 11 is 0. The molecule has 3 aromatic rings. The number of rotatable bonds is 2. The van der Waals surface area contributed by atoms with Gasteiger partial charge in [0.2, 0.25) is 0 Å². The molecule has 0 aliphatic heterocycles. The third-order valence-corrected chi connectivity index (χ3v) is 4.37. The summed E-state index contributed by atoms with van der Waals surface area (Å²) in [6.07, 6.45) is 7.18. The highest BCUT2D eigenvalue weighted by molar-refractivity contribution is 6.04. The second-order valence-corrected chi connectivity index (χ2v) is 5.68. The van der Waals surface area contributed by atoms with Crippen LogP contribution in [0.4, 0.5) is 0 Å². The van der Waals surface area contributed by atoms with Gasteiger partial charge in [-0.25, -0.2) is 0 Å². The Morgan fingerprint density at radius 2 is 1.87 bits per heavy atom. The van der Waals surface area contributed by atoms with Gasteiger partial charge in [0.1, 0.15) is 0 Å². The van der Waals surface area contributed by atoms with E-state index in [4.69, 9.17) is 5.21 Å². The van der Waals surface area contributed by atoms with Crippen LogP contribution in [0.3, 0.4) is 0 Å². The first kappa shape index (κ1) is 13.7. The maximum Gasteiger partial charge on any atom is 0.0873 e. The molecular formula is C18H16N4O. The maximum atomic E-state index is 9.06. The molecule has 0 bridgehead atoms. The summed E-state index contributed by atoms with van der Waals surface area (Å²) in [5.41, 5.74) is 7.42. The smallest absolute Gasteiger partial charge is 0.0873 e. The molecule has 0 atom stereocenters. The van der Waals surface area contributed by atoms with Gasteiger partial charge in [-0.2, -0.15) is 5.10 Å². The summed E-state index contributed by atoms with van der Waals surface area (Å²) in [6.45, 7) is 0. The minimum absolute atomic E-state index is 0.770. The molecule has 1 aliphatic rings. The van der Waals surface area contributed by atoms with Crippen LogP contribution >= 0.6 is 0 Å². The summed E-state index contributed by atoms with van der Waals surface area (Å²) < 4.78 is 1.89. The quantitative estimate of drug-likeness (QED) is 0.584. The Morgan fingerprint density at radius 1 is 1.04 bits per heavy atom. The van der Waals surface area contributed by atoms with Crippen molar-refractivity contribution in [3.8, 4) is 22.4 Å². The van der Waals surface area contributed by atoms with E-state index in [0.717, 1.165) is 46.5 Å². The van der Waals surface area contributed by atoms with E-state index in [1.165, 1.54) is 5.56 Å². The average molecular weight is 304 g/mol. The van der Waals surface area contributed by atoms with Crippen LogP contribution in [-0.2, 0) is 13.5 Å². The van der Waals surface area contributed by atoms with Gasteiger partial charge >= 0.3 is 0 Å². The summed E-state index contributed by atoms with van der Waals surface area (Å²) in [6, 6.07) is 10.3. The van der Waals surface area contributed by atoms with Crippen LogP contribution in [0.15, 0.2) is 54.1 Å². The van der Waals surface area contributed by atoms with E-state index in [2.05, 4.69) is 27.4 Å². The van der Waals surface area contributed by atoms with Crippen LogP contribution in [0.5, 0.6) is 0 Å². The first-order valence-corrected chi connectivity index (χ1v) is 7.55. The zero-order valence-corrected chi connectivity index (χ0v) is 12.8. The molecule has 1 aliphatic carbocycles. The molecule has 2 aromatic heterocycles. The van der Waals surface area contributed by atoms with Crippen molar-refractivity contribution in [2.45, 2.75) is 12.8 Å². The molecule has 1 aromatic carbocycles. The van der Waals surface area contributed by atoms with E-state index in [-0.39, 0.29) is 0 Å². The molecule has 0 unspecified atom stereocenters. The monoisotopic (exact) mass is 304 g/mol. The molecule has 1 N–H and O–H groups in total. The van der Waals surface area contributed by atoms with Crippen LogP contribution in [-0.4, -0.2) is 25.7 Å². The molecule has 114 valence electrons. The fourth-order valence-corrected chi connectivity index (χ4v) is 3.24. The van der Waals surface area contributed by atoms with Crippen molar-refractivity contribution in [1.82, 2.24) is 14.8 Å². The van der Waals surface area contributed by atoms with Crippen LogP contribution in [0.1, 0.15) is 17.5 Å². The molecule has 0 radical (unpaired) electrons. The fraction of sp³-hybridized carbons (Fsp3) is 0.167. The molecule has 0 spiro atoms. The molecule has 4 rings (SSSR count). The minimum Gasteiger partial charge on any atom is -0.411 e. The van der Waals surface area contributed by atoms with Crippen molar-refractivity contribution >= 4 is 5.71 Å². The number of pyridine rings is 1. The van der Waals surface area contributed by atoms with E-state index >= 15 is 0 Å².